The van der Waals surface area contributed by atoms with Gasteiger partial charge in [-0.25, -0.2) is 0 Å². The van der Waals surface area contributed by atoms with Crippen LogP contribution in [-0.2, 0) is 0 Å². The second-order valence-corrected chi connectivity index (χ2v) is 5.95. The van der Waals surface area contributed by atoms with Crippen LogP contribution in [0.1, 0.15) is 26.2 Å². The molecule has 1 nitrogen and oxygen atoms in total. The zero-order valence-corrected chi connectivity index (χ0v) is 14.2. The molecule has 0 atom stereocenters. The average Bonchev–Trinajstić information content (AvgIpc) is 2.67. The zero-order valence-electron chi connectivity index (χ0n) is 14.2. The minimum absolute atomic E-state index is 0.802. The first-order chi connectivity index (χ1) is 11.9. The van der Waals surface area contributed by atoms with E-state index in [0.29, 0.717) is 0 Å². The maximum absolute atomic E-state index is 5.77. The van der Waals surface area contributed by atoms with Crippen molar-refractivity contribution in [2.45, 2.75) is 26.2 Å². The third-order valence-electron chi connectivity index (χ3n) is 4.14. The third kappa shape index (κ3) is 4.26. The van der Waals surface area contributed by atoms with Crippen molar-refractivity contribution in [3.63, 3.8) is 0 Å². The highest BCUT2D eigenvalue weighted by atomic mass is 16.5. The lowest BCUT2D eigenvalue weighted by Crippen LogP contribution is -1.96. The van der Waals surface area contributed by atoms with Crippen molar-refractivity contribution < 1.29 is 4.74 Å². The second kappa shape index (κ2) is 8.35. The van der Waals surface area contributed by atoms with Crippen molar-refractivity contribution in [2.75, 3.05) is 6.61 Å². The molecule has 1 heteroatoms. The molecule has 0 N–H and O–H groups in total. The largest absolute Gasteiger partial charge is 0.494 e. The number of ether oxygens (including phenoxy) is 1. The van der Waals surface area contributed by atoms with Crippen LogP contribution in [0, 0.1) is 6.07 Å². The van der Waals surface area contributed by atoms with Crippen LogP contribution in [0.4, 0.5) is 0 Å². The molecule has 0 aliphatic heterocycles. The molecule has 121 valence electrons. The van der Waals surface area contributed by atoms with E-state index in [1.807, 2.05) is 12.1 Å². The average molecular weight is 315 g/mol. The topological polar surface area (TPSA) is 9.23 Å². The predicted octanol–water partition coefficient (Wildman–Crippen LogP) is 6.39. The number of unbranched alkanes of at least 4 members (excludes halogenated alkanes) is 2. The smallest absolute Gasteiger partial charge is 0.119 e. The van der Waals surface area contributed by atoms with E-state index in [4.69, 9.17) is 4.74 Å². The Morgan fingerprint density at radius 3 is 1.71 bits per heavy atom. The third-order valence-corrected chi connectivity index (χ3v) is 4.14. The highest BCUT2D eigenvalue weighted by Gasteiger charge is 2.01. The van der Waals surface area contributed by atoms with Gasteiger partial charge >= 0.3 is 0 Å². The van der Waals surface area contributed by atoms with Gasteiger partial charge in [0.15, 0.2) is 0 Å². The standard InChI is InChI=1S/C23H23O/c1-2-3-7-18-24-23-16-14-22(15-17-23)21-12-10-20(11-13-21)19-8-5-4-6-9-19/h5-6,8-17H,2-3,7,18H2,1H3. The minimum Gasteiger partial charge on any atom is -0.494 e. The predicted molar refractivity (Wildman–Crippen MR) is 101 cm³/mol. The van der Waals surface area contributed by atoms with Gasteiger partial charge in [-0.1, -0.05) is 80.4 Å². The molecule has 0 unspecified atom stereocenters. The van der Waals surface area contributed by atoms with Crippen LogP contribution in [0.25, 0.3) is 22.3 Å². The van der Waals surface area contributed by atoms with Gasteiger partial charge in [-0.05, 0) is 46.9 Å². The normalized spacial score (nSPS) is 10.5. The van der Waals surface area contributed by atoms with E-state index >= 15 is 0 Å². The molecule has 0 aliphatic carbocycles. The van der Waals surface area contributed by atoms with Crippen LogP contribution in [0.5, 0.6) is 5.75 Å². The van der Waals surface area contributed by atoms with Gasteiger partial charge < -0.3 is 4.74 Å². The number of hydrogen-bond acceptors (Lipinski definition) is 1. The Balaban J connectivity index is 1.66. The van der Waals surface area contributed by atoms with E-state index < -0.39 is 0 Å². The Hall–Kier alpha value is -2.54. The Labute approximate surface area is 144 Å². The SMILES string of the molecule is CCCCCOc1ccc(-c2ccc(-c3cc[c]cc3)cc2)cc1. The van der Waals surface area contributed by atoms with E-state index in [-0.39, 0.29) is 0 Å². The molecule has 0 saturated carbocycles. The van der Waals surface area contributed by atoms with Crippen molar-refractivity contribution >= 4 is 0 Å². The van der Waals surface area contributed by atoms with E-state index in [1.165, 1.54) is 35.1 Å². The molecule has 0 aromatic heterocycles. The summed E-state index contributed by atoms with van der Waals surface area (Å²) in [5.74, 6) is 0.951. The highest BCUT2D eigenvalue weighted by molar-refractivity contribution is 5.70. The molecule has 0 amide bonds. The van der Waals surface area contributed by atoms with Crippen molar-refractivity contribution in [1.82, 2.24) is 0 Å². The number of benzene rings is 3. The van der Waals surface area contributed by atoms with Crippen LogP contribution >= 0.6 is 0 Å². The minimum atomic E-state index is 0.802. The van der Waals surface area contributed by atoms with Gasteiger partial charge in [-0.15, -0.1) is 0 Å². The number of rotatable bonds is 7. The Bertz CT molecular complexity index is 727. The molecule has 1 radical (unpaired) electrons. The van der Waals surface area contributed by atoms with Gasteiger partial charge in [-0.3, -0.25) is 0 Å². The molecule has 3 rings (SSSR count). The van der Waals surface area contributed by atoms with E-state index in [2.05, 4.69) is 73.7 Å². The Kier molecular flexibility index (Phi) is 5.68. The Morgan fingerprint density at radius 2 is 1.17 bits per heavy atom. The molecule has 0 spiro atoms. The molecular weight excluding hydrogens is 292 g/mol. The van der Waals surface area contributed by atoms with Crippen molar-refractivity contribution in [1.29, 1.82) is 0 Å². The summed E-state index contributed by atoms with van der Waals surface area (Å²) in [6.07, 6.45) is 3.57. The maximum atomic E-state index is 5.77. The lowest BCUT2D eigenvalue weighted by Gasteiger charge is -2.08. The summed E-state index contributed by atoms with van der Waals surface area (Å²) < 4.78 is 5.77. The lowest BCUT2D eigenvalue weighted by molar-refractivity contribution is 0.306. The monoisotopic (exact) mass is 315 g/mol. The molecule has 3 aromatic carbocycles. The van der Waals surface area contributed by atoms with Crippen LogP contribution in [0.2, 0.25) is 0 Å². The summed E-state index contributed by atoms with van der Waals surface area (Å²) in [5.41, 5.74) is 4.88. The molecule has 3 aromatic rings. The van der Waals surface area contributed by atoms with Gasteiger partial charge in [0, 0.05) is 0 Å². The molecule has 0 heterocycles. The number of hydrogen-bond donors (Lipinski definition) is 0. The van der Waals surface area contributed by atoms with E-state index in [0.717, 1.165) is 18.8 Å². The summed E-state index contributed by atoms with van der Waals surface area (Å²) in [6.45, 7) is 3.01. The van der Waals surface area contributed by atoms with Gasteiger partial charge in [0.25, 0.3) is 0 Å². The maximum Gasteiger partial charge on any atom is 0.119 e. The molecule has 24 heavy (non-hydrogen) atoms. The summed E-state index contributed by atoms with van der Waals surface area (Å²) in [5, 5.41) is 0. The molecule has 0 aliphatic rings. The van der Waals surface area contributed by atoms with Crippen LogP contribution < -0.4 is 4.74 Å². The molecule has 0 bridgehead atoms. The van der Waals surface area contributed by atoms with Crippen LogP contribution in [0.15, 0.2) is 72.8 Å². The van der Waals surface area contributed by atoms with Gasteiger partial charge in [0.1, 0.15) is 5.75 Å². The highest BCUT2D eigenvalue weighted by Crippen LogP contribution is 2.26. The summed E-state index contributed by atoms with van der Waals surface area (Å²) in [4.78, 5) is 0. The summed E-state index contributed by atoms with van der Waals surface area (Å²) in [6, 6.07) is 28.2. The van der Waals surface area contributed by atoms with E-state index in [1.54, 1.807) is 0 Å². The van der Waals surface area contributed by atoms with Gasteiger partial charge in [0.2, 0.25) is 0 Å². The molecule has 0 saturated heterocycles. The van der Waals surface area contributed by atoms with Gasteiger partial charge in [0.05, 0.1) is 6.61 Å². The first kappa shape index (κ1) is 16.3. The lowest BCUT2D eigenvalue weighted by atomic mass is 10.0. The van der Waals surface area contributed by atoms with Crippen LogP contribution in [-0.4, -0.2) is 6.61 Å². The quantitative estimate of drug-likeness (QED) is 0.459. The molecule has 0 fully saturated rings. The molecular formula is C23H23O. The summed E-state index contributed by atoms with van der Waals surface area (Å²) >= 11 is 0. The van der Waals surface area contributed by atoms with Crippen molar-refractivity contribution in [2.24, 2.45) is 0 Å². The first-order valence-corrected chi connectivity index (χ1v) is 8.66. The van der Waals surface area contributed by atoms with Gasteiger partial charge in [-0.2, -0.15) is 0 Å². The first-order valence-electron chi connectivity index (χ1n) is 8.66. The van der Waals surface area contributed by atoms with Crippen molar-refractivity contribution in [3.05, 3.63) is 78.9 Å². The fourth-order valence-electron chi connectivity index (χ4n) is 2.72. The van der Waals surface area contributed by atoms with Crippen molar-refractivity contribution in [3.8, 4) is 28.0 Å². The summed E-state index contributed by atoms with van der Waals surface area (Å²) in [7, 11) is 0. The fourth-order valence-corrected chi connectivity index (χ4v) is 2.72. The Morgan fingerprint density at radius 1 is 0.667 bits per heavy atom. The van der Waals surface area contributed by atoms with E-state index in [9.17, 15) is 0 Å². The van der Waals surface area contributed by atoms with Crippen LogP contribution in [0.3, 0.4) is 0 Å². The second-order valence-electron chi connectivity index (χ2n) is 5.95. The fraction of sp³-hybridized carbons (Fsp3) is 0.217. The zero-order chi connectivity index (χ0) is 16.6.